The Morgan fingerprint density at radius 2 is 2.05 bits per heavy atom. The molecule has 0 saturated carbocycles. The molecule has 6 nitrogen and oxygen atoms in total. The Balaban J connectivity index is 2.19. The highest BCUT2D eigenvalue weighted by molar-refractivity contribution is 7.90. The van der Waals surface area contributed by atoms with Crippen LogP contribution in [0.1, 0.15) is 12.8 Å². The quantitative estimate of drug-likeness (QED) is 0.856. The number of carbonyl (C=O) groups is 1. The normalized spacial score (nSPS) is 18.2. The van der Waals surface area contributed by atoms with Gasteiger partial charge in [-0.25, -0.2) is 8.42 Å². The van der Waals surface area contributed by atoms with Crippen LogP contribution in [0, 0.1) is 5.41 Å². The summed E-state index contributed by atoms with van der Waals surface area (Å²) in [6.45, 7) is 1.26. The maximum absolute atomic E-state index is 12.5. The van der Waals surface area contributed by atoms with Gasteiger partial charge in [-0.2, -0.15) is 0 Å². The second kappa shape index (κ2) is 6.13. The van der Waals surface area contributed by atoms with Crippen molar-refractivity contribution in [3.63, 3.8) is 0 Å². The van der Waals surface area contributed by atoms with Crippen LogP contribution < -0.4 is 11.1 Å². The number of ether oxygens (including phenoxy) is 1. The zero-order chi connectivity index (χ0) is 15.5. The van der Waals surface area contributed by atoms with Gasteiger partial charge < -0.3 is 15.8 Å². The van der Waals surface area contributed by atoms with Crippen LogP contribution >= 0.6 is 0 Å². The summed E-state index contributed by atoms with van der Waals surface area (Å²) in [5, 5.41) is 2.78. The van der Waals surface area contributed by atoms with E-state index < -0.39 is 15.3 Å². The van der Waals surface area contributed by atoms with E-state index >= 15 is 0 Å². The third-order valence-corrected chi connectivity index (χ3v) is 4.95. The fourth-order valence-electron chi connectivity index (χ4n) is 2.35. The van der Waals surface area contributed by atoms with Gasteiger partial charge in [0.05, 0.1) is 10.3 Å². The number of hydrogen-bond acceptors (Lipinski definition) is 5. The topological polar surface area (TPSA) is 98.5 Å². The second-order valence-corrected chi connectivity index (χ2v) is 7.37. The van der Waals surface area contributed by atoms with Gasteiger partial charge in [-0.3, -0.25) is 4.79 Å². The number of nitrogens with two attached hydrogens (primary N) is 1. The van der Waals surface area contributed by atoms with Gasteiger partial charge in [0, 0.05) is 31.7 Å². The SMILES string of the molecule is CS(=O)(=O)c1cccc(NC(=O)C2(CN)CCOCC2)c1. The standard InChI is InChI=1S/C14H20N2O4S/c1-21(18,19)12-4-2-3-11(9-12)16-13(17)14(10-15)5-7-20-8-6-14/h2-4,9H,5-8,10,15H2,1H3,(H,16,17). The molecule has 1 heterocycles. The molecule has 1 saturated heterocycles. The molecule has 0 atom stereocenters. The Kier molecular flexibility index (Phi) is 4.65. The van der Waals surface area contributed by atoms with Crippen molar-refractivity contribution in [1.82, 2.24) is 0 Å². The molecule has 0 bridgehead atoms. The zero-order valence-corrected chi connectivity index (χ0v) is 12.8. The van der Waals surface area contributed by atoms with Gasteiger partial charge in [0.1, 0.15) is 0 Å². The summed E-state index contributed by atoms with van der Waals surface area (Å²) in [6.07, 6.45) is 2.27. The summed E-state index contributed by atoms with van der Waals surface area (Å²) >= 11 is 0. The van der Waals surface area contributed by atoms with E-state index in [2.05, 4.69) is 5.32 Å². The predicted octanol–water partition coefficient (Wildman–Crippen LogP) is 0.784. The van der Waals surface area contributed by atoms with Gasteiger partial charge in [-0.15, -0.1) is 0 Å². The number of hydrogen-bond donors (Lipinski definition) is 2. The fraction of sp³-hybridized carbons (Fsp3) is 0.500. The highest BCUT2D eigenvalue weighted by atomic mass is 32.2. The van der Waals surface area contributed by atoms with Crippen molar-refractivity contribution >= 4 is 21.4 Å². The van der Waals surface area contributed by atoms with Crippen LogP contribution in [0.2, 0.25) is 0 Å². The van der Waals surface area contributed by atoms with Gasteiger partial charge in [-0.1, -0.05) is 6.07 Å². The van der Waals surface area contributed by atoms with Crippen LogP contribution in [0.15, 0.2) is 29.2 Å². The first-order valence-corrected chi connectivity index (χ1v) is 8.66. The van der Waals surface area contributed by atoms with Crippen molar-refractivity contribution in [2.75, 3.05) is 31.3 Å². The molecule has 1 aromatic rings. The summed E-state index contributed by atoms with van der Waals surface area (Å²) in [5.41, 5.74) is 5.60. The molecule has 1 fully saturated rings. The van der Waals surface area contributed by atoms with Gasteiger partial charge in [0.25, 0.3) is 0 Å². The minimum Gasteiger partial charge on any atom is -0.381 e. The molecule has 3 N–H and O–H groups in total. The number of sulfone groups is 1. The first-order valence-electron chi connectivity index (χ1n) is 6.77. The van der Waals surface area contributed by atoms with E-state index in [9.17, 15) is 13.2 Å². The van der Waals surface area contributed by atoms with E-state index in [0.29, 0.717) is 31.7 Å². The molecule has 0 unspecified atom stereocenters. The van der Waals surface area contributed by atoms with Crippen molar-refractivity contribution in [2.45, 2.75) is 17.7 Å². The molecule has 7 heteroatoms. The zero-order valence-electron chi connectivity index (χ0n) is 12.0. The number of anilines is 1. The number of amides is 1. The molecule has 1 aliphatic rings. The molecule has 0 spiro atoms. The van der Waals surface area contributed by atoms with Crippen LogP contribution in [0.25, 0.3) is 0 Å². The molecular formula is C14H20N2O4S. The molecule has 2 rings (SSSR count). The lowest BCUT2D eigenvalue weighted by molar-refractivity contribution is -0.130. The largest absolute Gasteiger partial charge is 0.381 e. The highest BCUT2D eigenvalue weighted by Gasteiger charge is 2.38. The number of nitrogens with one attached hydrogen (secondary N) is 1. The Hall–Kier alpha value is -1.44. The smallest absolute Gasteiger partial charge is 0.232 e. The van der Waals surface area contributed by atoms with E-state index in [1.807, 2.05) is 0 Å². The summed E-state index contributed by atoms with van der Waals surface area (Å²) in [5.74, 6) is -0.182. The van der Waals surface area contributed by atoms with Gasteiger partial charge >= 0.3 is 0 Å². The lowest BCUT2D eigenvalue weighted by Gasteiger charge is -2.34. The highest BCUT2D eigenvalue weighted by Crippen LogP contribution is 2.31. The van der Waals surface area contributed by atoms with Gasteiger partial charge in [0.2, 0.25) is 5.91 Å². The Morgan fingerprint density at radius 1 is 1.38 bits per heavy atom. The number of benzene rings is 1. The average Bonchev–Trinajstić information content (AvgIpc) is 2.47. The minimum absolute atomic E-state index is 0.175. The van der Waals surface area contributed by atoms with Crippen molar-refractivity contribution in [3.05, 3.63) is 24.3 Å². The Morgan fingerprint density at radius 3 is 2.62 bits per heavy atom. The van der Waals surface area contributed by atoms with Crippen molar-refractivity contribution in [2.24, 2.45) is 11.1 Å². The number of carbonyl (C=O) groups excluding carboxylic acids is 1. The molecule has 21 heavy (non-hydrogen) atoms. The molecule has 0 aromatic heterocycles. The van der Waals surface area contributed by atoms with E-state index in [0.717, 1.165) is 6.26 Å². The summed E-state index contributed by atoms with van der Waals surface area (Å²) in [7, 11) is -3.30. The molecular weight excluding hydrogens is 292 g/mol. The maximum Gasteiger partial charge on any atom is 0.232 e. The van der Waals surface area contributed by atoms with Crippen molar-refractivity contribution in [1.29, 1.82) is 0 Å². The van der Waals surface area contributed by atoms with E-state index in [-0.39, 0.29) is 17.3 Å². The lowest BCUT2D eigenvalue weighted by Crippen LogP contribution is -2.46. The first kappa shape index (κ1) is 15.9. The third kappa shape index (κ3) is 3.61. The van der Waals surface area contributed by atoms with Crippen LogP contribution in [0.3, 0.4) is 0 Å². The van der Waals surface area contributed by atoms with Crippen molar-refractivity contribution < 1.29 is 17.9 Å². The Labute approximate surface area is 124 Å². The first-order chi connectivity index (χ1) is 9.87. The van der Waals surface area contributed by atoms with Crippen LogP contribution in [-0.2, 0) is 19.4 Å². The van der Waals surface area contributed by atoms with E-state index in [4.69, 9.17) is 10.5 Å². The minimum atomic E-state index is -3.30. The summed E-state index contributed by atoms with van der Waals surface area (Å²) < 4.78 is 28.4. The lowest BCUT2D eigenvalue weighted by atomic mass is 9.79. The number of rotatable bonds is 4. The van der Waals surface area contributed by atoms with Gasteiger partial charge in [-0.05, 0) is 31.0 Å². The molecule has 1 amide bonds. The monoisotopic (exact) mass is 312 g/mol. The Bertz CT molecular complexity index is 622. The molecule has 0 radical (unpaired) electrons. The molecule has 0 aliphatic carbocycles. The molecule has 1 aromatic carbocycles. The van der Waals surface area contributed by atoms with E-state index in [1.54, 1.807) is 12.1 Å². The van der Waals surface area contributed by atoms with Crippen LogP contribution in [-0.4, -0.2) is 40.3 Å². The fourth-order valence-corrected chi connectivity index (χ4v) is 3.02. The van der Waals surface area contributed by atoms with Gasteiger partial charge in [0.15, 0.2) is 9.84 Å². The van der Waals surface area contributed by atoms with Crippen LogP contribution in [0.5, 0.6) is 0 Å². The summed E-state index contributed by atoms with van der Waals surface area (Å²) in [4.78, 5) is 12.7. The van der Waals surface area contributed by atoms with Crippen LogP contribution in [0.4, 0.5) is 5.69 Å². The average molecular weight is 312 g/mol. The third-order valence-electron chi connectivity index (χ3n) is 3.84. The maximum atomic E-state index is 12.5. The molecule has 1 aliphatic heterocycles. The summed E-state index contributed by atoms with van der Waals surface area (Å²) in [6, 6.07) is 6.22. The predicted molar refractivity (Wildman–Crippen MR) is 79.7 cm³/mol. The second-order valence-electron chi connectivity index (χ2n) is 5.35. The van der Waals surface area contributed by atoms with Crippen molar-refractivity contribution in [3.8, 4) is 0 Å². The van der Waals surface area contributed by atoms with E-state index in [1.165, 1.54) is 12.1 Å². The molecule has 116 valence electrons.